The first-order valence-electron chi connectivity index (χ1n) is 15.2. The normalized spacial score (nSPS) is 11.4. The molecule has 6 aromatic rings. The van der Waals surface area contributed by atoms with Crippen LogP contribution in [0.5, 0.6) is 5.75 Å². The summed E-state index contributed by atoms with van der Waals surface area (Å²) >= 11 is 6.61. The van der Waals surface area contributed by atoms with E-state index < -0.39 is 5.97 Å². The number of ether oxygens (including phenoxy) is 2. The fraction of sp³-hybridized carbons (Fsp3) is 0.125. The van der Waals surface area contributed by atoms with Gasteiger partial charge in [0, 0.05) is 28.0 Å². The van der Waals surface area contributed by atoms with Crippen molar-refractivity contribution in [1.29, 1.82) is 0 Å². The number of benzene rings is 5. The average molecular weight is 628 g/mol. The van der Waals surface area contributed by atoms with Crippen molar-refractivity contribution >= 4 is 34.5 Å². The number of hydrogen-bond acceptors (Lipinski definition) is 3. The number of aromatic nitrogens is 1. The summed E-state index contributed by atoms with van der Waals surface area (Å²) in [6, 6.07) is 43.6. The van der Waals surface area contributed by atoms with Crippen LogP contribution >= 0.6 is 11.6 Å². The molecule has 6 rings (SSSR count). The van der Waals surface area contributed by atoms with Crippen LogP contribution in [-0.4, -0.2) is 28.9 Å². The Bertz CT molecular complexity index is 1880. The molecule has 0 aliphatic heterocycles. The molecule has 1 N–H and O–H groups in total. The highest BCUT2D eigenvalue weighted by atomic mass is 35.5. The summed E-state index contributed by atoms with van der Waals surface area (Å²) in [4.78, 5) is 11.3. The Morgan fingerprint density at radius 3 is 2.07 bits per heavy atom. The molecule has 0 fully saturated rings. The van der Waals surface area contributed by atoms with E-state index in [4.69, 9.17) is 21.1 Å². The maximum atomic E-state index is 11.3. The summed E-state index contributed by atoms with van der Waals surface area (Å²) in [5.41, 5.74) is 6.87. The topological polar surface area (TPSA) is 60.7 Å². The lowest BCUT2D eigenvalue weighted by molar-refractivity contribution is 0.0697. The van der Waals surface area contributed by atoms with Crippen LogP contribution < -0.4 is 4.74 Å². The van der Waals surface area contributed by atoms with Crippen molar-refractivity contribution in [2.45, 2.75) is 19.1 Å². The third-order valence-electron chi connectivity index (χ3n) is 7.96. The molecule has 1 heterocycles. The van der Waals surface area contributed by atoms with Crippen LogP contribution in [0.4, 0.5) is 0 Å². The quantitative estimate of drug-likeness (QED) is 0.130. The Morgan fingerprint density at radius 1 is 0.804 bits per heavy atom. The van der Waals surface area contributed by atoms with Gasteiger partial charge in [0.2, 0.25) is 0 Å². The zero-order valence-corrected chi connectivity index (χ0v) is 26.0. The maximum Gasteiger partial charge on any atom is 0.335 e. The lowest BCUT2D eigenvalue weighted by Gasteiger charge is -2.25. The molecule has 5 nitrogen and oxygen atoms in total. The Labute approximate surface area is 273 Å². The van der Waals surface area contributed by atoms with Crippen LogP contribution in [0.15, 0.2) is 140 Å². The molecule has 6 heteroatoms. The van der Waals surface area contributed by atoms with E-state index in [9.17, 15) is 9.90 Å². The number of halogens is 1. The average Bonchev–Trinajstić information content (AvgIpc) is 3.38. The van der Waals surface area contributed by atoms with E-state index in [-0.39, 0.29) is 11.6 Å². The van der Waals surface area contributed by atoms with Gasteiger partial charge in [-0.1, -0.05) is 115 Å². The molecule has 46 heavy (non-hydrogen) atoms. The zero-order valence-electron chi connectivity index (χ0n) is 25.3. The summed E-state index contributed by atoms with van der Waals surface area (Å²) in [5, 5.41) is 11.0. The van der Waals surface area contributed by atoms with Crippen LogP contribution in [0.1, 0.15) is 44.3 Å². The van der Waals surface area contributed by atoms with Crippen LogP contribution in [0.25, 0.3) is 17.0 Å². The van der Waals surface area contributed by atoms with Gasteiger partial charge < -0.3 is 19.1 Å². The Morgan fingerprint density at radius 2 is 1.43 bits per heavy atom. The van der Waals surface area contributed by atoms with Crippen molar-refractivity contribution in [1.82, 2.24) is 4.57 Å². The smallest absolute Gasteiger partial charge is 0.335 e. The second-order valence-corrected chi connectivity index (χ2v) is 11.4. The fourth-order valence-electron chi connectivity index (χ4n) is 5.83. The highest BCUT2D eigenvalue weighted by molar-refractivity contribution is 6.31. The van der Waals surface area contributed by atoms with Crippen LogP contribution in [0, 0.1) is 0 Å². The molecule has 0 amide bonds. The highest BCUT2D eigenvalue weighted by Gasteiger charge is 2.25. The molecule has 0 spiro atoms. The van der Waals surface area contributed by atoms with Crippen molar-refractivity contribution in [3.63, 3.8) is 0 Å². The molecule has 0 aliphatic rings. The largest absolute Gasteiger partial charge is 0.493 e. The Hall–Kier alpha value is -5.10. The van der Waals surface area contributed by atoms with Gasteiger partial charge in [-0.25, -0.2) is 4.79 Å². The van der Waals surface area contributed by atoms with Gasteiger partial charge in [-0.2, -0.15) is 0 Å². The van der Waals surface area contributed by atoms with Gasteiger partial charge in [0.15, 0.2) is 0 Å². The molecular weight excluding hydrogens is 594 g/mol. The SMILES string of the molecule is O=C(O)c1ccc(OCCc2c(COCC=Cc3ccccc3)n(C(c3ccccc3)c3ccccc3)c3ccc(Cl)cc23)cc1. The molecule has 230 valence electrons. The molecule has 0 radical (unpaired) electrons. The van der Waals surface area contributed by atoms with Gasteiger partial charge in [-0.3, -0.25) is 0 Å². The summed E-state index contributed by atoms with van der Waals surface area (Å²) in [7, 11) is 0. The summed E-state index contributed by atoms with van der Waals surface area (Å²) in [5.74, 6) is -0.354. The van der Waals surface area contributed by atoms with Crippen molar-refractivity contribution in [3.8, 4) is 5.75 Å². The number of carboxylic acids is 1. The second kappa shape index (κ2) is 14.8. The van der Waals surface area contributed by atoms with Gasteiger partial charge in [0.25, 0.3) is 0 Å². The van der Waals surface area contributed by atoms with Crippen LogP contribution in [-0.2, 0) is 17.8 Å². The van der Waals surface area contributed by atoms with Gasteiger partial charge in [-0.15, -0.1) is 0 Å². The molecule has 0 saturated carbocycles. The number of nitrogens with zero attached hydrogens (tertiary/aromatic N) is 1. The van der Waals surface area contributed by atoms with E-state index in [1.165, 1.54) is 0 Å². The summed E-state index contributed by atoms with van der Waals surface area (Å²) < 4.78 is 14.9. The Balaban J connectivity index is 1.39. The maximum absolute atomic E-state index is 11.3. The molecule has 0 bridgehead atoms. The predicted octanol–water partition coefficient (Wildman–Crippen LogP) is 9.48. The van der Waals surface area contributed by atoms with Gasteiger partial charge in [-0.05, 0) is 64.7 Å². The van der Waals surface area contributed by atoms with Crippen molar-refractivity contribution in [2.75, 3.05) is 13.2 Å². The first-order valence-corrected chi connectivity index (χ1v) is 15.6. The van der Waals surface area contributed by atoms with Gasteiger partial charge in [0.1, 0.15) is 5.75 Å². The monoisotopic (exact) mass is 627 g/mol. The fourth-order valence-corrected chi connectivity index (χ4v) is 6.01. The van der Waals surface area contributed by atoms with Crippen molar-refractivity contribution < 1.29 is 19.4 Å². The van der Waals surface area contributed by atoms with E-state index in [1.54, 1.807) is 24.3 Å². The molecule has 1 aromatic heterocycles. The molecule has 0 atom stereocenters. The lowest BCUT2D eigenvalue weighted by atomic mass is 9.98. The number of fused-ring (bicyclic) bond motifs is 1. The number of carboxylic acid groups (broad SMARTS) is 1. The molecule has 5 aromatic carbocycles. The first-order chi connectivity index (χ1) is 22.6. The third kappa shape index (κ3) is 7.23. The van der Waals surface area contributed by atoms with Crippen molar-refractivity contribution in [2.24, 2.45) is 0 Å². The van der Waals surface area contributed by atoms with E-state index in [2.05, 4.69) is 77.4 Å². The standard InChI is InChI=1S/C40H34ClNO4/c41-33-20-23-37-36(27-33)35(24-26-46-34-21-18-32(19-22-34)40(43)44)38(28-45-25-10-13-29-11-4-1-5-12-29)42(37)39(30-14-6-2-7-15-30)31-16-8-3-9-17-31/h1-23,27,39H,24-26,28H2,(H,43,44). The van der Waals surface area contributed by atoms with Gasteiger partial charge in [0.05, 0.1) is 31.4 Å². The van der Waals surface area contributed by atoms with Crippen LogP contribution in [0.3, 0.4) is 0 Å². The second-order valence-electron chi connectivity index (χ2n) is 10.9. The zero-order chi connectivity index (χ0) is 31.7. The van der Waals surface area contributed by atoms with Gasteiger partial charge >= 0.3 is 5.97 Å². The van der Waals surface area contributed by atoms with Crippen LogP contribution in [0.2, 0.25) is 5.02 Å². The molecule has 0 unspecified atom stereocenters. The predicted molar refractivity (Wildman–Crippen MR) is 185 cm³/mol. The van der Waals surface area contributed by atoms with E-state index >= 15 is 0 Å². The van der Waals surface area contributed by atoms with Crippen molar-refractivity contribution in [3.05, 3.63) is 178 Å². The minimum absolute atomic E-state index is 0.109. The number of hydrogen-bond donors (Lipinski definition) is 1. The Kier molecular flexibility index (Phi) is 9.93. The molecular formula is C40H34ClNO4. The molecule has 0 aliphatic carbocycles. The number of carbonyl (C=O) groups is 1. The molecule has 0 saturated heterocycles. The lowest BCUT2D eigenvalue weighted by Crippen LogP contribution is -2.17. The minimum atomic E-state index is -0.967. The summed E-state index contributed by atoms with van der Waals surface area (Å²) in [6.07, 6.45) is 4.70. The highest BCUT2D eigenvalue weighted by Crippen LogP contribution is 2.38. The number of aromatic carboxylic acids is 1. The minimum Gasteiger partial charge on any atom is -0.493 e. The van der Waals surface area contributed by atoms with E-state index in [0.29, 0.717) is 37.0 Å². The third-order valence-corrected chi connectivity index (χ3v) is 8.19. The van der Waals surface area contributed by atoms with E-state index in [1.807, 2.05) is 48.5 Å². The van der Waals surface area contributed by atoms with E-state index in [0.717, 1.165) is 38.9 Å². The first kappa shape index (κ1) is 30.9. The summed E-state index contributed by atoms with van der Waals surface area (Å²) in [6.45, 7) is 1.22. The number of rotatable bonds is 13.